The van der Waals surface area contributed by atoms with E-state index in [2.05, 4.69) is 10.6 Å². The van der Waals surface area contributed by atoms with Crippen molar-refractivity contribution < 1.29 is 14.0 Å². The number of anilines is 2. The molecule has 1 saturated carbocycles. The van der Waals surface area contributed by atoms with Gasteiger partial charge in [-0.1, -0.05) is 0 Å². The maximum Gasteiger partial charge on any atom is 0.244 e. The molecule has 1 unspecified atom stereocenters. The van der Waals surface area contributed by atoms with Crippen LogP contribution in [-0.4, -0.2) is 17.4 Å². The minimum atomic E-state index is -1.00. The zero-order valence-electron chi connectivity index (χ0n) is 11.5. The van der Waals surface area contributed by atoms with Crippen molar-refractivity contribution in [1.29, 1.82) is 0 Å². The lowest BCUT2D eigenvalue weighted by Crippen LogP contribution is -2.50. The van der Waals surface area contributed by atoms with E-state index in [1.54, 1.807) is 6.92 Å². The quantitative estimate of drug-likeness (QED) is 0.786. The zero-order chi connectivity index (χ0) is 14.9. The van der Waals surface area contributed by atoms with E-state index in [9.17, 15) is 14.0 Å². The van der Waals surface area contributed by atoms with E-state index < -0.39 is 17.3 Å². The molecule has 6 heteroatoms. The first kappa shape index (κ1) is 14.5. The number of hydrogen-bond acceptors (Lipinski definition) is 3. The van der Waals surface area contributed by atoms with Gasteiger partial charge in [0.25, 0.3) is 0 Å². The zero-order valence-corrected chi connectivity index (χ0v) is 11.5. The number of hydrogen-bond donors (Lipinski definition) is 3. The number of nitrogens with one attached hydrogen (secondary N) is 2. The summed E-state index contributed by atoms with van der Waals surface area (Å²) in [6, 6.07) is 3.98. The van der Waals surface area contributed by atoms with Gasteiger partial charge < -0.3 is 16.4 Å². The molecule has 1 aromatic carbocycles. The summed E-state index contributed by atoms with van der Waals surface area (Å²) in [5, 5.41) is 5.03. The highest BCUT2D eigenvalue weighted by Crippen LogP contribution is 2.38. The average molecular weight is 279 g/mol. The number of halogens is 1. The van der Waals surface area contributed by atoms with E-state index >= 15 is 0 Å². The van der Waals surface area contributed by atoms with Crippen LogP contribution in [-0.2, 0) is 9.59 Å². The third-order valence-corrected chi connectivity index (χ3v) is 3.45. The smallest absolute Gasteiger partial charge is 0.244 e. The van der Waals surface area contributed by atoms with Crippen LogP contribution in [0, 0.1) is 11.7 Å². The van der Waals surface area contributed by atoms with Gasteiger partial charge in [0.1, 0.15) is 5.82 Å². The summed E-state index contributed by atoms with van der Waals surface area (Å²) in [6.07, 6.45) is 1.82. The van der Waals surface area contributed by atoms with Crippen molar-refractivity contribution in [3.63, 3.8) is 0 Å². The molecule has 0 radical (unpaired) electrons. The lowest BCUT2D eigenvalue weighted by Gasteiger charge is -2.23. The third kappa shape index (κ3) is 3.14. The fourth-order valence-electron chi connectivity index (χ4n) is 2.03. The molecule has 0 spiro atoms. The monoisotopic (exact) mass is 279 g/mol. The maximum absolute atomic E-state index is 13.7. The van der Waals surface area contributed by atoms with Crippen molar-refractivity contribution in [3.8, 4) is 0 Å². The minimum Gasteiger partial charge on any atom is -0.326 e. The summed E-state index contributed by atoms with van der Waals surface area (Å²) in [7, 11) is 0. The van der Waals surface area contributed by atoms with Gasteiger partial charge in [-0.2, -0.15) is 0 Å². The van der Waals surface area contributed by atoms with Gasteiger partial charge in [0.2, 0.25) is 11.8 Å². The largest absolute Gasteiger partial charge is 0.326 e. The van der Waals surface area contributed by atoms with Crippen molar-refractivity contribution >= 4 is 23.2 Å². The number of carbonyl (C=O) groups excluding carboxylic acids is 2. The second-order valence-corrected chi connectivity index (χ2v) is 5.39. The van der Waals surface area contributed by atoms with E-state index in [1.165, 1.54) is 25.1 Å². The van der Waals surface area contributed by atoms with Gasteiger partial charge in [0.15, 0.2) is 0 Å². The van der Waals surface area contributed by atoms with E-state index in [4.69, 9.17) is 5.73 Å². The standard InChI is InChI=1S/C14H18FN3O2/c1-8(19)17-10-5-6-11(15)12(7-10)18-13(20)14(2,16)9-3-4-9/h5-7,9H,3-4,16H2,1-2H3,(H,17,19)(H,18,20). The molecule has 108 valence electrons. The topological polar surface area (TPSA) is 84.2 Å². The second kappa shape index (κ2) is 5.20. The van der Waals surface area contributed by atoms with Crippen molar-refractivity contribution in [2.24, 2.45) is 11.7 Å². The Bertz CT molecular complexity index is 553. The van der Waals surface area contributed by atoms with E-state index in [0.717, 1.165) is 12.8 Å². The van der Waals surface area contributed by atoms with Crippen molar-refractivity contribution in [2.75, 3.05) is 10.6 Å². The molecule has 1 atom stereocenters. The molecule has 0 aliphatic heterocycles. The van der Waals surface area contributed by atoms with Gasteiger partial charge in [-0.25, -0.2) is 4.39 Å². The summed E-state index contributed by atoms with van der Waals surface area (Å²) < 4.78 is 13.7. The molecule has 1 aliphatic rings. The Balaban J connectivity index is 2.15. The highest BCUT2D eigenvalue weighted by Gasteiger charge is 2.44. The van der Waals surface area contributed by atoms with Crippen molar-refractivity contribution in [2.45, 2.75) is 32.2 Å². The Morgan fingerprint density at radius 2 is 2.00 bits per heavy atom. The highest BCUT2D eigenvalue weighted by atomic mass is 19.1. The molecule has 2 amide bonds. The predicted octanol–water partition coefficient (Wildman–Crippen LogP) is 1.85. The molecule has 0 saturated heterocycles. The summed E-state index contributed by atoms with van der Waals surface area (Å²) in [5.41, 5.74) is 5.40. The van der Waals surface area contributed by atoms with Gasteiger partial charge >= 0.3 is 0 Å². The van der Waals surface area contributed by atoms with Gasteiger partial charge in [-0.3, -0.25) is 9.59 Å². The Labute approximate surface area is 116 Å². The van der Waals surface area contributed by atoms with Crippen LogP contribution in [0.2, 0.25) is 0 Å². The predicted molar refractivity (Wildman–Crippen MR) is 74.6 cm³/mol. The van der Waals surface area contributed by atoms with Crippen LogP contribution in [0.1, 0.15) is 26.7 Å². The molecular weight excluding hydrogens is 261 g/mol. The van der Waals surface area contributed by atoms with Crippen molar-refractivity contribution in [1.82, 2.24) is 0 Å². The lowest BCUT2D eigenvalue weighted by molar-refractivity contribution is -0.121. The second-order valence-electron chi connectivity index (χ2n) is 5.39. The molecule has 1 fully saturated rings. The molecule has 0 heterocycles. The van der Waals surface area contributed by atoms with Crippen molar-refractivity contribution in [3.05, 3.63) is 24.0 Å². The summed E-state index contributed by atoms with van der Waals surface area (Å²) in [5.74, 6) is -1.11. The molecule has 20 heavy (non-hydrogen) atoms. The first-order valence-corrected chi connectivity index (χ1v) is 6.48. The van der Waals surface area contributed by atoms with Crippen LogP contribution in [0.3, 0.4) is 0 Å². The van der Waals surface area contributed by atoms with Gasteiger partial charge in [0, 0.05) is 12.6 Å². The molecule has 4 N–H and O–H groups in total. The lowest BCUT2D eigenvalue weighted by atomic mass is 9.96. The fraction of sp³-hybridized carbons (Fsp3) is 0.429. The fourth-order valence-corrected chi connectivity index (χ4v) is 2.03. The average Bonchev–Trinajstić information content (AvgIpc) is 3.16. The number of benzene rings is 1. The normalized spacial score (nSPS) is 17.2. The first-order chi connectivity index (χ1) is 9.30. The number of nitrogens with two attached hydrogens (primary N) is 1. The summed E-state index contributed by atoms with van der Waals surface area (Å²) in [4.78, 5) is 23.1. The van der Waals surface area contributed by atoms with Crippen LogP contribution in [0.15, 0.2) is 18.2 Å². The molecule has 1 aromatic rings. The van der Waals surface area contributed by atoms with E-state index in [-0.39, 0.29) is 17.5 Å². The maximum atomic E-state index is 13.7. The van der Waals surface area contributed by atoms with E-state index in [1.807, 2.05) is 0 Å². The molecule has 0 bridgehead atoms. The number of rotatable bonds is 4. The number of carbonyl (C=O) groups is 2. The highest BCUT2D eigenvalue weighted by molar-refractivity contribution is 5.99. The third-order valence-electron chi connectivity index (χ3n) is 3.45. The minimum absolute atomic E-state index is 0.0126. The molecule has 1 aliphatic carbocycles. The Hall–Kier alpha value is -1.95. The van der Waals surface area contributed by atoms with Gasteiger partial charge in [-0.05, 0) is 43.9 Å². The van der Waals surface area contributed by atoms with Crippen LogP contribution in [0.25, 0.3) is 0 Å². The van der Waals surface area contributed by atoms with Gasteiger partial charge in [-0.15, -0.1) is 0 Å². The van der Waals surface area contributed by atoms with Crippen LogP contribution in [0.5, 0.6) is 0 Å². The molecule has 2 rings (SSSR count). The molecule has 0 aromatic heterocycles. The van der Waals surface area contributed by atoms with Gasteiger partial charge in [0.05, 0.1) is 11.2 Å². The summed E-state index contributed by atoms with van der Waals surface area (Å²) >= 11 is 0. The first-order valence-electron chi connectivity index (χ1n) is 6.48. The molecular formula is C14H18FN3O2. The van der Waals surface area contributed by atoms with Crippen LogP contribution < -0.4 is 16.4 Å². The SMILES string of the molecule is CC(=O)Nc1ccc(F)c(NC(=O)C(C)(N)C2CC2)c1. The Morgan fingerprint density at radius 1 is 1.35 bits per heavy atom. The Morgan fingerprint density at radius 3 is 2.55 bits per heavy atom. The molecule has 5 nitrogen and oxygen atoms in total. The van der Waals surface area contributed by atoms with E-state index in [0.29, 0.717) is 5.69 Å². The Kier molecular flexibility index (Phi) is 3.76. The summed E-state index contributed by atoms with van der Waals surface area (Å²) in [6.45, 7) is 3.00. The van der Waals surface area contributed by atoms with Crippen LogP contribution in [0.4, 0.5) is 15.8 Å². The number of amides is 2. The van der Waals surface area contributed by atoms with Crippen LogP contribution >= 0.6 is 0 Å².